The molecule has 0 amide bonds. The Labute approximate surface area is 253 Å². The first-order valence-corrected chi connectivity index (χ1v) is 16.2. The highest BCUT2D eigenvalue weighted by Gasteiger charge is 2.34. The third-order valence-corrected chi connectivity index (χ3v) is 10.1. The van der Waals surface area contributed by atoms with Crippen molar-refractivity contribution in [1.82, 2.24) is 0 Å². The summed E-state index contributed by atoms with van der Waals surface area (Å²) in [5.74, 6) is -2.56. The second-order valence-corrected chi connectivity index (χ2v) is 12.8. The average Bonchev–Trinajstić information content (AvgIpc) is 3.03. The van der Waals surface area contributed by atoms with Gasteiger partial charge in [0.15, 0.2) is 23.2 Å². The summed E-state index contributed by atoms with van der Waals surface area (Å²) in [4.78, 5) is 13.0. The maximum absolute atomic E-state index is 14.9. The first kappa shape index (κ1) is 31.6. The van der Waals surface area contributed by atoms with Crippen LogP contribution in [-0.4, -0.2) is 18.7 Å². The van der Waals surface area contributed by atoms with E-state index in [1.54, 1.807) is 25.1 Å². The summed E-state index contributed by atoms with van der Waals surface area (Å²) < 4.78 is 69.3. The van der Waals surface area contributed by atoms with Crippen LogP contribution in [0.15, 0.2) is 30.3 Å². The fourth-order valence-corrected chi connectivity index (χ4v) is 7.30. The number of esters is 1. The van der Waals surface area contributed by atoms with Crippen LogP contribution in [0, 0.1) is 47.9 Å². The lowest BCUT2D eigenvalue weighted by Gasteiger charge is -2.35. The summed E-state index contributed by atoms with van der Waals surface area (Å²) in [6, 6.07) is 6.48. The molecule has 1 atom stereocenters. The van der Waals surface area contributed by atoms with Gasteiger partial charge in [-0.2, -0.15) is 4.39 Å². The van der Waals surface area contributed by atoms with E-state index in [0.717, 1.165) is 56.9 Å². The van der Waals surface area contributed by atoms with Crippen molar-refractivity contribution in [3.63, 3.8) is 0 Å². The lowest BCUT2D eigenvalue weighted by atomic mass is 9.71. The van der Waals surface area contributed by atoms with Crippen molar-refractivity contribution in [2.45, 2.75) is 109 Å². The predicted molar refractivity (Wildman–Crippen MR) is 160 cm³/mol. The van der Waals surface area contributed by atoms with E-state index in [1.807, 2.05) is 6.92 Å². The molecule has 2 saturated carbocycles. The van der Waals surface area contributed by atoms with Crippen molar-refractivity contribution in [2.24, 2.45) is 17.8 Å². The van der Waals surface area contributed by atoms with Crippen molar-refractivity contribution in [1.29, 1.82) is 0 Å². The summed E-state index contributed by atoms with van der Waals surface area (Å²) in [5, 5.41) is 0. The molecule has 2 aromatic rings. The van der Waals surface area contributed by atoms with Crippen LogP contribution >= 0.6 is 0 Å². The molecule has 0 aromatic heterocycles. The van der Waals surface area contributed by atoms with E-state index in [2.05, 4.69) is 6.08 Å². The molecule has 3 aliphatic rings. The summed E-state index contributed by atoms with van der Waals surface area (Å²) in [6.07, 6.45) is 12.3. The van der Waals surface area contributed by atoms with Gasteiger partial charge in [0.25, 0.3) is 0 Å². The number of benzene rings is 2. The zero-order valence-corrected chi connectivity index (χ0v) is 25.4. The summed E-state index contributed by atoms with van der Waals surface area (Å²) >= 11 is 0. The number of carbonyl (C=O) groups excluding carboxylic acids is 1. The molecule has 0 spiro atoms. The number of rotatable bonds is 9. The number of ether oxygens (including phenoxy) is 2. The highest BCUT2D eigenvalue weighted by Crippen LogP contribution is 2.43. The van der Waals surface area contributed by atoms with Crippen LogP contribution in [0.25, 0.3) is 5.57 Å². The molecule has 3 aliphatic carbocycles. The number of unbranched alkanes of at least 4 members (excludes halogenated alkanes) is 1. The molecule has 234 valence electrons. The van der Waals surface area contributed by atoms with Gasteiger partial charge in [-0.3, -0.25) is 4.79 Å². The van der Waals surface area contributed by atoms with Gasteiger partial charge in [0.2, 0.25) is 5.82 Å². The molecule has 0 N–H and O–H groups in total. The fraction of sp³-hybridized carbons (Fsp3) is 0.583. The first-order chi connectivity index (χ1) is 20.8. The number of hydrogen-bond donors (Lipinski definition) is 0. The van der Waals surface area contributed by atoms with Gasteiger partial charge in [-0.25, -0.2) is 13.2 Å². The molecule has 3 nitrogen and oxygen atoms in total. The molecular formula is C36H44F4O3. The standard InChI is InChI=1S/C36H44F4O3/c1-3-4-21-42-31-20-19-30(34(39)35(31)40)25-10-6-23(7-11-25)24-8-12-27(13-9-24)36(41)43-28-16-14-26(15-17-28)29-18-5-22(2)32(37)33(29)38/h5,10,18-20,23-24,26-28H,3-4,6-9,11-17,21H2,1-2H3. The fourth-order valence-electron chi connectivity index (χ4n) is 7.30. The van der Waals surface area contributed by atoms with E-state index >= 15 is 0 Å². The van der Waals surface area contributed by atoms with Crippen LogP contribution in [0.3, 0.4) is 0 Å². The van der Waals surface area contributed by atoms with Crippen LogP contribution < -0.4 is 4.74 Å². The minimum atomic E-state index is -0.912. The van der Waals surface area contributed by atoms with E-state index in [4.69, 9.17) is 9.47 Å². The Balaban J connectivity index is 1.06. The summed E-state index contributed by atoms with van der Waals surface area (Å²) in [5.41, 5.74) is 1.92. The Kier molecular flexibility index (Phi) is 10.5. The van der Waals surface area contributed by atoms with E-state index in [9.17, 15) is 22.4 Å². The zero-order valence-electron chi connectivity index (χ0n) is 25.4. The Morgan fingerprint density at radius 3 is 2.23 bits per heavy atom. The van der Waals surface area contributed by atoms with Gasteiger partial charge in [0, 0.05) is 5.56 Å². The maximum atomic E-state index is 14.9. The zero-order chi connectivity index (χ0) is 30.5. The van der Waals surface area contributed by atoms with E-state index in [0.29, 0.717) is 67.2 Å². The molecule has 0 radical (unpaired) electrons. The van der Waals surface area contributed by atoms with Crippen molar-refractivity contribution in [3.05, 3.63) is 70.3 Å². The topological polar surface area (TPSA) is 35.5 Å². The quantitative estimate of drug-likeness (QED) is 0.163. The smallest absolute Gasteiger partial charge is 0.309 e. The van der Waals surface area contributed by atoms with Crippen molar-refractivity contribution in [3.8, 4) is 5.75 Å². The molecule has 0 bridgehead atoms. The molecule has 0 heterocycles. The van der Waals surface area contributed by atoms with Crippen LogP contribution in [0.2, 0.25) is 0 Å². The molecular weight excluding hydrogens is 556 g/mol. The Morgan fingerprint density at radius 1 is 0.814 bits per heavy atom. The van der Waals surface area contributed by atoms with E-state index in [-0.39, 0.29) is 29.7 Å². The molecule has 0 saturated heterocycles. The van der Waals surface area contributed by atoms with Crippen LogP contribution in [-0.2, 0) is 9.53 Å². The molecule has 7 heteroatoms. The van der Waals surface area contributed by atoms with Gasteiger partial charge in [0.1, 0.15) is 6.10 Å². The van der Waals surface area contributed by atoms with Crippen molar-refractivity contribution >= 4 is 11.5 Å². The van der Waals surface area contributed by atoms with Gasteiger partial charge in [0.05, 0.1) is 12.5 Å². The van der Waals surface area contributed by atoms with Gasteiger partial charge < -0.3 is 9.47 Å². The molecule has 2 aromatic carbocycles. The summed E-state index contributed by atoms with van der Waals surface area (Å²) in [7, 11) is 0. The van der Waals surface area contributed by atoms with Crippen LogP contribution in [0.1, 0.15) is 113 Å². The van der Waals surface area contributed by atoms with Crippen molar-refractivity contribution in [2.75, 3.05) is 6.61 Å². The third kappa shape index (κ3) is 7.29. The second-order valence-electron chi connectivity index (χ2n) is 12.8. The monoisotopic (exact) mass is 600 g/mol. The number of halogens is 4. The minimum absolute atomic E-state index is 0.0266. The molecule has 43 heavy (non-hydrogen) atoms. The van der Waals surface area contributed by atoms with Crippen LogP contribution in [0.5, 0.6) is 5.75 Å². The lowest BCUT2D eigenvalue weighted by Crippen LogP contribution is -2.31. The van der Waals surface area contributed by atoms with Gasteiger partial charge >= 0.3 is 5.97 Å². The molecule has 0 aliphatic heterocycles. The average molecular weight is 601 g/mol. The first-order valence-electron chi connectivity index (χ1n) is 16.2. The van der Waals surface area contributed by atoms with E-state index < -0.39 is 23.3 Å². The highest BCUT2D eigenvalue weighted by molar-refractivity contribution is 5.72. The van der Waals surface area contributed by atoms with Crippen molar-refractivity contribution < 1.29 is 31.8 Å². The SMILES string of the molecule is CCCCOc1ccc(C2=CCC(C3CCC(C(=O)OC4CCC(c5ccc(C)c(F)c5F)CC4)CC3)CC2)c(F)c1F. The number of hydrogen-bond acceptors (Lipinski definition) is 3. The molecule has 5 rings (SSSR count). The number of allylic oxidation sites excluding steroid dienone is 2. The largest absolute Gasteiger partial charge is 0.490 e. The van der Waals surface area contributed by atoms with Crippen LogP contribution in [0.4, 0.5) is 17.6 Å². The lowest BCUT2D eigenvalue weighted by molar-refractivity contribution is -0.157. The minimum Gasteiger partial charge on any atom is -0.490 e. The molecule has 1 unspecified atom stereocenters. The van der Waals surface area contributed by atoms with Gasteiger partial charge in [-0.05, 0) is 131 Å². The van der Waals surface area contributed by atoms with E-state index in [1.165, 1.54) is 6.07 Å². The number of aryl methyl sites for hydroxylation is 1. The summed E-state index contributed by atoms with van der Waals surface area (Å²) in [6.45, 7) is 3.95. The number of carbonyl (C=O) groups is 1. The maximum Gasteiger partial charge on any atom is 0.309 e. The van der Waals surface area contributed by atoms with Gasteiger partial charge in [-0.15, -0.1) is 0 Å². The predicted octanol–water partition coefficient (Wildman–Crippen LogP) is 9.99. The molecule has 2 fully saturated rings. The highest BCUT2D eigenvalue weighted by atomic mass is 19.2. The second kappa shape index (κ2) is 14.3. The Bertz CT molecular complexity index is 1310. The van der Waals surface area contributed by atoms with Gasteiger partial charge in [-0.1, -0.05) is 31.6 Å². The Hall–Kier alpha value is -2.83. The normalized spacial score (nSPS) is 26.1. The Morgan fingerprint density at radius 2 is 1.56 bits per heavy atom. The third-order valence-electron chi connectivity index (χ3n) is 10.1.